The first kappa shape index (κ1) is 27.2. The van der Waals surface area contributed by atoms with Crippen molar-refractivity contribution in [3.05, 3.63) is 35.9 Å². The first-order valence-electron chi connectivity index (χ1n) is 12.6. The van der Waals surface area contributed by atoms with E-state index in [1.54, 1.807) is 20.8 Å². The molecule has 2 aliphatic carbocycles. The highest BCUT2D eigenvalue weighted by atomic mass is 16.6. The number of carbonyl (C=O) groups excluding carboxylic acids is 1. The van der Waals surface area contributed by atoms with Crippen LogP contribution in [0, 0.1) is 0 Å². The van der Waals surface area contributed by atoms with E-state index in [0.717, 1.165) is 22.5 Å². The molecule has 3 rings (SSSR count). The lowest BCUT2D eigenvalue weighted by molar-refractivity contribution is -0.142. The number of likely N-dealkylation sites (N-methyl/N-ethyl adjacent to an activating group) is 1. The van der Waals surface area contributed by atoms with Gasteiger partial charge in [-0.2, -0.15) is 0 Å². The summed E-state index contributed by atoms with van der Waals surface area (Å²) in [5, 5.41) is 13.2. The van der Waals surface area contributed by atoms with Crippen molar-refractivity contribution >= 4 is 12.1 Å². The number of hydrogen-bond acceptors (Lipinski definition) is 4. The molecule has 0 radical (unpaired) electrons. The Kier molecular flexibility index (Phi) is 11.2. The number of hydrogen-bond donors (Lipinski definition) is 2. The summed E-state index contributed by atoms with van der Waals surface area (Å²) in [6.07, 6.45) is 14.2. The van der Waals surface area contributed by atoms with Crippen LogP contribution in [0.25, 0.3) is 0 Å². The molecule has 1 aromatic rings. The molecule has 0 aromatic heterocycles. The third-order valence-corrected chi connectivity index (χ3v) is 6.39. The van der Waals surface area contributed by atoms with Crippen LogP contribution in [-0.4, -0.2) is 52.8 Å². The topological polar surface area (TPSA) is 78.9 Å². The maximum Gasteiger partial charge on any atom is 0.410 e. The van der Waals surface area contributed by atoms with Crippen molar-refractivity contribution in [2.24, 2.45) is 0 Å². The fraction of sp³-hybridized carbons (Fsp3) is 0.704. The molecule has 0 aliphatic heterocycles. The Hall–Kier alpha value is -2.08. The summed E-state index contributed by atoms with van der Waals surface area (Å²) in [7, 11) is 1.44. The average molecular weight is 461 g/mol. The average Bonchev–Trinajstić information content (AvgIpc) is 2.78. The van der Waals surface area contributed by atoms with E-state index in [2.05, 4.69) is 5.32 Å². The molecule has 6 heteroatoms. The van der Waals surface area contributed by atoms with Crippen LogP contribution in [-0.2, 0) is 16.0 Å². The van der Waals surface area contributed by atoms with Crippen LogP contribution in [0.4, 0.5) is 4.79 Å². The highest BCUT2D eigenvalue weighted by Gasteiger charge is 2.30. The highest BCUT2D eigenvalue weighted by Crippen LogP contribution is 2.22. The maximum absolute atomic E-state index is 11.9. The molecule has 2 N–H and O–H groups in total. The summed E-state index contributed by atoms with van der Waals surface area (Å²) in [6, 6.07) is 9.99. The van der Waals surface area contributed by atoms with Gasteiger partial charge in [-0.05, 0) is 52.0 Å². The minimum Gasteiger partial charge on any atom is -0.480 e. The van der Waals surface area contributed by atoms with Gasteiger partial charge in [0.1, 0.15) is 11.6 Å². The molecule has 0 bridgehead atoms. The molecule has 33 heavy (non-hydrogen) atoms. The quantitative estimate of drug-likeness (QED) is 0.562. The summed E-state index contributed by atoms with van der Waals surface area (Å²) in [5.41, 5.74) is 0.205. The number of benzene rings is 1. The lowest BCUT2D eigenvalue weighted by atomic mass is 9.91. The molecule has 0 saturated heterocycles. The van der Waals surface area contributed by atoms with Crippen LogP contribution in [0.1, 0.15) is 90.5 Å². The summed E-state index contributed by atoms with van der Waals surface area (Å²) < 4.78 is 5.19. The monoisotopic (exact) mass is 460 g/mol. The Labute approximate surface area is 200 Å². The van der Waals surface area contributed by atoms with Gasteiger partial charge in [0.25, 0.3) is 0 Å². The van der Waals surface area contributed by atoms with Gasteiger partial charge in [0.15, 0.2) is 0 Å². The van der Waals surface area contributed by atoms with E-state index in [0.29, 0.717) is 0 Å². The Bertz CT molecular complexity index is 689. The second kappa shape index (κ2) is 13.6. The summed E-state index contributed by atoms with van der Waals surface area (Å²) in [5.74, 6) is -1.05. The van der Waals surface area contributed by atoms with Crippen LogP contribution in [0.15, 0.2) is 30.3 Å². The molecule has 2 saturated carbocycles. The van der Waals surface area contributed by atoms with E-state index in [-0.39, 0.29) is 6.42 Å². The van der Waals surface area contributed by atoms with Gasteiger partial charge >= 0.3 is 12.1 Å². The number of nitrogens with one attached hydrogen (secondary N) is 1. The minimum absolute atomic E-state index is 0.242. The number of ether oxygens (including phenoxy) is 1. The van der Waals surface area contributed by atoms with E-state index in [9.17, 15) is 14.7 Å². The lowest BCUT2D eigenvalue weighted by Gasteiger charge is -2.30. The third-order valence-electron chi connectivity index (χ3n) is 6.39. The molecule has 0 spiro atoms. The molecule has 6 nitrogen and oxygen atoms in total. The Balaban J connectivity index is 0.000000254. The van der Waals surface area contributed by atoms with Gasteiger partial charge in [0, 0.05) is 25.6 Å². The minimum atomic E-state index is -1.05. The molecular formula is C27H44N2O4. The summed E-state index contributed by atoms with van der Waals surface area (Å²) in [4.78, 5) is 24.4. The van der Waals surface area contributed by atoms with Gasteiger partial charge in [0.05, 0.1) is 0 Å². The van der Waals surface area contributed by atoms with Crippen molar-refractivity contribution < 1.29 is 19.4 Å². The van der Waals surface area contributed by atoms with Gasteiger partial charge in [0.2, 0.25) is 0 Å². The van der Waals surface area contributed by atoms with Crippen LogP contribution in [0.3, 0.4) is 0 Å². The SMILES string of the molecule is C1CCC(NC2CCCCC2)CC1.CN(C(=O)OC(C)(C)C)[C@H](Cc1ccccc1)C(=O)O. The van der Waals surface area contributed by atoms with Crippen molar-refractivity contribution in [1.29, 1.82) is 0 Å². The Morgan fingerprint density at radius 2 is 1.45 bits per heavy atom. The predicted molar refractivity (Wildman–Crippen MR) is 132 cm³/mol. The number of nitrogens with zero attached hydrogens (tertiary/aromatic N) is 1. The van der Waals surface area contributed by atoms with Crippen LogP contribution < -0.4 is 5.32 Å². The van der Waals surface area contributed by atoms with E-state index in [4.69, 9.17) is 4.74 Å². The number of amides is 1. The van der Waals surface area contributed by atoms with Crippen LogP contribution >= 0.6 is 0 Å². The summed E-state index contributed by atoms with van der Waals surface area (Å²) in [6.45, 7) is 5.23. The van der Waals surface area contributed by atoms with E-state index in [1.165, 1.54) is 71.3 Å². The highest BCUT2D eigenvalue weighted by molar-refractivity contribution is 5.80. The van der Waals surface area contributed by atoms with Gasteiger partial charge in [-0.3, -0.25) is 4.90 Å². The predicted octanol–water partition coefficient (Wildman–Crippen LogP) is 5.79. The standard InChI is InChI=1S/C15H21NO4.C12H23N/c1-15(2,3)20-14(19)16(4)12(13(17)18)10-11-8-6-5-7-9-11;1-3-7-11(8-4-1)13-12-9-5-2-6-10-12/h5-9,12H,10H2,1-4H3,(H,17,18);11-13H,1-10H2/t12-;/m1./s1. The Morgan fingerprint density at radius 1 is 0.970 bits per heavy atom. The fourth-order valence-corrected chi connectivity index (χ4v) is 4.56. The second-order valence-corrected chi connectivity index (χ2v) is 10.5. The van der Waals surface area contributed by atoms with Gasteiger partial charge in [-0.15, -0.1) is 0 Å². The molecule has 2 fully saturated rings. The van der Waals surface area contributed by atoms with Gasteiger partial charge in [-0.25, -0.2) is 9.59 Å². The smallest absolute Gasteiger partial charge is 0.410 e. The van der Waals surface area contributed by atoms with Gasteiger partial charge in [-0.1, -0.05) is 68.9 Å². The van der Waals surface area contributed by atoms with Crippen molar-refractivity contribution in [2.75, 3.05) is 7.05 Å². The number of rotatable bonds is 6. The van der Waals surface area contributed by atoms with Crippen molar-refractivity contribution in [2.45, 2.75) is 115 Å². The normalized spacial score (nSPS) is 18.5. The first-order valence-corrected chi connectivity index (χ1v) is 12.6. The lowest BCUT2D eigenvalue weighted by Crippen LogP contribution is -2.46. The molecular weight excluding hydrogens is 416 g/mol. The molecule has 186 valence electrons. The Morgan fingerprint density at radius 3 is 1.88 bits per heavy atom. The van der Waals surface area contributed by atoms with E-state index >= 15 is 0 Å². The molecule has 0 unspecified atom stereocenters. The number of carboxylic acids is 1. The zero-order chi connectivity index (χ0) is 24.3. The molecule has 1 atom stereocenters. The zero-order valence-electron chi connectivity index (χ0n) is 21.0. The fourth-order valence-electron chi connectivity index (χ4n) is 4.56. The van der Waals surface area contributed by atoms with Crippen molar-refractivity contribution in [1.82, 2.24) is 10.2 Å². The van der Waals surface area contributed by atoms with Crippen molar-refractivity contribution in [3.8, 4) is 0 Å². The third kappa shape index (κ3) is 10.6. The van der Waals surface area contributed by atoms with E-state index in [1.807, 2.05) is 30.3 Å². The molecule has 0 heterocycles. The van der Waals surface area contributed by atoms with E-state index < -0.39 is 23.7 Å². The largest absolute Gasteiger partial charge is 0.480 e. The number of carbonyl (C=O) groups is 2. The molecule has 2 aliphatic rings. The van der Waals surface area contributed by atoms with Crippen LogP contribution in [0.2, 0.25) is 0 Å². The zero-order valence-corrected chi connectivity index (χ0v) is 21.0. The first-order chi connectivity index (χ1) is 15.7. The maximum atomic E-state index is 11.9. The summed E-state index contributed by atoms with van der Waals surface area (Å²) >= 11 is 0. The second-order valence-electron chi connectivity index (χ2n) is 10.5. The molecule has 1 aromatic carbocycles. The molecule has 1 amide bonds. The number of carboxylic acid groups (broad SMARTS) is 1. The van der Waals surface area contributed by atoms with Gasteiger partial charge < -0.3 is 15.2 Å². The van der Waals surface area contributed by atoms with Crippen LogP contribution in [0.5, 0.6) is 0 Å². The van der Waals surface area contributed by atoms with Crippen molar-refractivity contribution in [3.63, 3.8) is 0 Å². The number of aliphatic carboxylic acids is 1.